The molecule has 0 aliphatic carbocycles. The van der Waals surface area contributed by atoms with Gasteiger partial charge in [0, 0.05) is 6.07 Å². The maximum atomic E-state index is 11.9. The average molecular weight is 281 g/mol. The first-order valence-electron chi connectivity index (χ1n) is 3.66. The summed E-state index contributed by atoms with van der Waals surface area (Å²) in [5, 5.41) is 8.58. The number of alkyl halides is 3. The highest BCUT2D eigenvalue weighted by atomic mass is 79.9. The van der Waals surface area contributed by atoms with Gasteiger partial charge in [0.2, 0.25) is 0 Å². The molecule has 0 atom stereocenters. The van der Waals surface area contributed by atoms with E-state index in [9.17, 15) is 13.2 Å². The molecule has 0 amide bonds. The Morgan fingerprint density at radius 1 is 1.53 bits per heavy atom. The highest BCUT2D eigenvalue weighted by molar-refractivity contribution is 9.10. The summed E-state index contributed by atoms with van der Waals surface area (Å²) in [6.45, 7) is 1.35. The number of hydrogen-bond acceptors (Lipinski definition) is 3. The Labute approximate surface area is 91.6 Å². The van der Waals surface area contributed by atoms with Gasteiger partial charge in [0.25, 0.3) is 0 Å². The van der Waals surface area contributed by atoms with Crippen LogP contribution >= 0.6 is 15.9 Å². The van der Waals surface area contributed by atoms with Crippen molar-refractivity contribution in [2.24, 2.45) is 0 Å². The third-order valence-corrected chi connectivity index (χ3v) is 2.07. The van der Waals surface area contributed by atoms with Crippen molar-refractivity contribution in [2.45, 2.75) is 13.3 Å². The maximum Gasteiger partial charge on any atom is 0.573 e. The second-order valence-corrected chi connectivity index (χ2v) is 3.32. The average Bonchev–Trinajstić information content (AvgIpc) is 2.07. The van der Waals surface area contributed by atoms with Crippen LogP contribution in [0.5, 0.6) is 5.75 Å². The fraction of sp³-hybridized carbons (Fsp3) is 0.250. The first-order valence-corrected chi connectivity index (χ1v) is 4.46. The smallest absolute Gasteiger partial charge is 0.404 e. The van der Waals surface area contributed by atoms with Gasteiger partial charge in [0.05, 0.1) is 11.3 Å². The lowest BCUT2D eigenvalue weighted by Gasteiger charge is -2.11. The predicted molar refractivity (Wildman–Crippen MR) is 48.1 cm³/mol. The number of rotatable bonds is 1. The molecule has 0 aromatic carbocycles. The van der Waals surface area contributed by atoms with Crippen LogP contribution in [0, 0.1) is 18.3 Å². The van der Waals surface area contributed by atoms with Crippen molar-refractivity contribution in [3.63, 3.8) is 0 Å². The highest BCUT2D eigenvalue weighted by Gasteiger charge is 2.32. The minimum Gasteiger partial charge on any atom is -0.404 e. The fourth-order valence-electron chi connectivity index (χ4n) is 0.864. The molecule has 0 spiro atoms. The first-order chi connectivity index (χ1) is 6.83. The number of ether oxygens (including phenoxy) is 1. The molecule has 0 radical (unpaired) electrons. The van der Waals surface area contributed by atoms with E-state index in [1.54, 1.807) is 6.07 Å². The Bertz CT molecular complexity index is 425. The van der Waals surface area contributed by atoms with E-state index in [4.69, 9.17) is 5.26 Å². The largest absolute Gasteiger partial charge is 0.573 e. The minimum atomic E-state index is -4.78. The van der Waals surface area contributed by atoms with Crippen LogP contribution < -0.4 is 4.74 Å². The topological polar surface area (TPSA) is 45.9 Å². The van der Waals surface area contributed by atoms with Gasteiger partial charge in [0.1, 0.15) is 10.7 Å². The third kappa shape index (κ3) is 3.09. The molecule has 1 heterocycles. The Morgan fingerprint density at radius 3 is 2.60 bits per heavy atom. The Balaban J connectivity index is 3.15. The monoisotopic (exact) mass is 280 g/mol. The number of nitriles is 1. The molecule has 3 nitrogen and oxygen atoms in total. The molecule has 1 rings (SSSR count). The lowest BCUT2D eigenvalue weighted by atomic mass is 10.2. The molecular weight excluding hydrogens is 277 g/mol. The van der Waals surface area contributed by atoms with E-state index in [1.807, 2.05) is 0 Å². The summed E-state index contributed by atoms with van der Waals surface area (Å²) in [5.41, 5.74) is 0.0399. The summed E-state index contributed by atoms with van der Waals surface area (Å²) in [7, 11) is 0. The summed E-state index contributed by atoms with van der Waals surface area (Å²) in [6.07, 6.45) is -4.78. The van der Waals surface area contributed by atoms with Crippen molar-refractivity contribution in [1.29, 1.82) is 5.26 Å². The summed E-state index contributed by atoms with van der Waals surface area (Å²) < 4.78 is 39.6. The molecule has 0 saturated carbocycles. The molecule has 0 saturated heterocycles. The lowest BCUT2D eigenvalue weighted by molar-refractivity contribution is -0.275. The van der Waals surface area contributed by atoms with Crippen molar-refractivity contribution < 1.29 is 17.9 Å². The van der Waals surface area contributed by atoms with Crippen molar-refractivity contribution in [3.05, 3.63) is 21.9 Å². The van der Waals surface area contributed by atoms with Gasteiger partial charge >= 0.3 is 6.36 Å². The summed E-state index contributed by atoms with van der Waals surface area (Å²) in [4.78, 5) is 3.70. The molecule has 0 bridgehead atoms. The highest BCUT2D eigenvalue weighted by Crippen LogP contribution is 2.28. The number of halogens is 4. The Morgan fingerprint density at radius 2 is 2.13 bits per heavy atom. The van der Waals surface area contributed by atoms with Crippen LogP contribution in [0.4, 0.5) is 13.2 Å². The minimum absolute atomic E-state index is 0.0140. The van der Waals surface area contributed by atoms with E-state index in [2.05, 4.69) is 25.7 Å². The number of hydrogen-bond donors (Lipinski definition) is 0. The zero-order valence-corrected chi connectivity index (χ0v) is 8.98. The normalized spacial score (nSPS) is 10.9. The van der Waals surface area contributed by atoms with Gasteiger partial charge in [-0.15, -0.1) is 13.2 Å². The van der Waals surface area contributed by atoms with E-state index in [1.165, 1.54) is 6.92 Å². The van der Waals surface area contributed by atoms with Crippen molar-refractivity contribution in [1.82, 2.24) is 4.98 Å². The molecule has 0 aliphatic heterocycles. The zero-order valence-electron chi connectivity index (χ0n) is 7.39. The molecule has 80 valence electrons. The summed E-state index contributed by atoms with van der Waals surface area (Å²) in [6, 6.07) is 2.68. The standard InChI is InChI=1S/C8H4BrF3N2O/c1-4-6(15-8(10,11)12)2-5(3-13)7(9)14-4/h2H,1H3. The number of aryl methyl sites for hydroxylation is 1. The van der Waals surface area contributed by atoms with Crippen LogP contribution in [-0.4, -0.2) is 11.3 Å². The SMILES string of the molecule is Cc1nc(Br)c(C#N)cc1OC(F)(F)F. The molecule has 0 unspecified atom stereocenters. The molecular formula is C8H4BrF3N2O. The van der Waals surface area contributed by atoms with Crippen LogP contribution in [0.1, 0.15) is 11.3 Å². The van der Waals surface area contributed by atoms with E-state index >= 15 is 0 Å². The number of pyridine rings is 1. The van der Waals surface area contributed by atoms with Crippen molar-refractivity contribution in [2.75, 3.05) is 0 Å². The van der Waals surface area contributed by atoms with Gasteiger partial charge in [-0.2, -0.15) is 5.26 Å². The zero-order chi connectivity index (χ0) is 11.6. The van der Waals surface area contributed by atoms with Gasteiger partial charge in [-0.3, -0.25) is 0 Å². The quantitative estimate of drug-likeness (QED) is 0.743. The second kappa shape index (κ2) is 4.06. The lowest BCUT2D eigenvalue weighted by Crippen LogP contribution is -2.18. The molecule has 15 heavy (non-hydrogen) atoms. The van der Waals surface area contributed by atoms with Gasteiger partial charge < -0.3 is 4.74 Å². The third-order valence-electron chi connectivity index (χ3n) is 1.47. The van der Waals surface area contributed by atoms with Gasteiger partial charge in [-0.25, -0.2) is 4.98 Å². The second-order valence-electron chi connectivity index (χ2n) is 2.57. The van der Waals surface area contributed by atoms with Crippen molar-refractivity contribution >= 4 is 15.9 Å². The van der Waals surface area contributed by atoms with Crippen LogP contribution in [-0.2, 0) is 0 Å². The van der Waals surface area contributed by atoms with Crippen LogP contribution in [0.2, 0.25) is 0 Å². The van der Waals surface area contributed by atoms with Gasteiger partial charge in [0.15, 0.2) is 5.75 Å². The number of nitrogens with zero attached hydrogens (tertiary/aromatic N) is 2. The van der Waals surface area contributed by atoms with E-state index in [0.717, 1.165) is 6.07 Å². The van der Waals surface area contributed by atoms with Crippen LogP contribution in [0.3, 0.4) is 0 Å². The maximum absolute atomic E-state index is 11.9. The predicted octanol–water partition coefficient (Wildman–Crippen LogP) is 2.92. The van der Waals surface area contributed by atoms with E-state index < -0.39 is 12.1 Å². The summed E-state index contributed by atoms with van der Waals surface area (Å²) in [5.74, 6) is -0.470. The van der Waals surface area contributed by atoms with Crippen LogP contribution in [0.25, 0.3) is 0 Å². The first kappa shape index (κ1) is 11.8. The van der Waals surface area contributed by atoms with Crippen molar-refractivity contribution in [3.8, 4) is 11.8 Å². The molecule has 0 aliphatic rings. The van der Waals surface area contributed by atoms with E-state index in [0.29, 0.717) is 0 Å². The Kier molecular flexibility index (Phi) is 3.19. The van der Waals surface area contributed by atoms with Gasteiger partial charge in [-0.1, -0.05) is 0 Å². The summed E-state index contributed by atoms with van der Waals surface area (Å²) >= 11 is 2.95. The molecule has 0 fully saturated rings. The molecule has 1 aromatic rings. The fourth-order valence-corrected chi connectivity index (χ4v) is 1.33. The molecule has 1 aromatic heterocycles. The molecule has 0 N–H and O–H groups in total. The van der Waals surface area contributed by atoms with Gasteiger partial charge in [-0.05, 0) is 22.9 Å². The Hall–Kier alpha value is -1.29. The van der Waals surface area contributed by atoms with Crippen LogP contribution in [0.15, 0.2) is 10.7 Å². The molecule has 7 heteroatoms. The van der Waals surface area contributed by atoms with E-state index in [-0.39, 0.29) is 15.9 Å². The number of aromatic nitrogens is 1.